The second kappa shape index (κ2) is 7.29. The van der Waals surface area contributed by atoms with Crippen molar-refractivity contribution in [1.82, 2.24) is 10.3 Å². The van der Waals surface area contributed by atoms with Gasteiger partial charge in [-0.15, -0.1) is 0 Å². The van der Waals surface area contributed by atoms with Crippen molar-refractivity contribution in [2.24, 2.45) is 0 Å². The monoisotopic (exact) mass is 362 g/mol. The number of oxazole rings is 1. The molecule has 4 aromatic rings. The van der Waals surface area contributed by atoms with Crippen LogP contribution in [-0.4, -0.2) is 10.9 Å². The zero-order chi connectivity index (χ0) is 18.6. The summed E-state index contributed by atoms with van der Waals surface area (Å²) in [7, 11) is 0. The van der Waals surface area contributed by atoms with E-state index in [1.807, 2.05) is 0 Å². The first kappa shape index (κ1) is 16.8. The van der Waals surface area contributed by atoms with Crippen molar-refractivity contribution in [2.45, 2.75) is 6.54 Å². The molecular formula is C21H15FN2O3. The summed E-state index contributed by atoms with van der Waals surface area (Å²) in [5.41, 5.74) is 1.25. The fraction of sp³-hybridized carbons (Fsp3) is 0.0476. The summed E-state index contributed by atoms with van der Waals surface area (Å²) in [6.07, 6.45) is 3.00. The van der Waals surface area contributed by atoms with Gasteiger partial charge in [-0.1, -0.05) is 24.3 Å². The third kappa shape index (κ3) is 3.50. The van der Waals surface area contributed by atoms with Crippen LogP contribution in [0.1, 0.15) is 16.1 Å². The summed E-state index contributed by atoms with van der Waals surface area (Å²) in [6.45, 7) is 0.270. The molecule has 0 aliphatic carbocycles. The molecule has 0 aliphatic rings. The maximum absolute atomic E-state index is 14.0. The molecule has 4 rings (SSSR count). The number of nitrogens with zero attached hydrogens (tertiary/aromatic N) is 1. The van der Waals surface area contributed by atoms with Gasteiger partial charge in [0, 0.05) is 5.56 Å². The Bertz CT molecular complexity index is 1070. The molecule has 2 aromatic heterocycles. The van der Waals surface area contributed by atoms with E-state index in [0.29, 0.717) is 28.2 Å². The Balaban J connectivity index is 1.61. The van der Waals surface area contributed by atoms with E-state index in [9.17, 15) is 9.18 Å². The van der Waals surface area contributed by atoms with Crippen LogP contribution in [0.2, 0.25) is 0 Å². The van der Waals surface area contributed by atoms with Gasteiger partial charge >= 0.3 is 0 Å². The minimum atomic E-state index is -0.398. The fourth-order valence-corrected chi connectivity index (χ4v) is 2.73. The smallest absolute Gasteiger partial charge is 0.252 e. The predicted molar refractivity (Wildman–Crippen MR) is 97.2 cm³/mol. The van der Waals surface area contributed by atoms with Crippen molar-refractivity contribution in [3.8, 4) is 22.8 Å². The molecule has 5 nitrogen and oxygen atoms in total. The van der Waals surface area contributed by atoms with Crippen LogP contribution >= 0.6 is 0 Å². The lowest BCUT2D eigenvalue weighted by atomic mass is 10.1. The number of nitrogens with one attached hydrogen (secondary N) is 1. The summed E-state index contributed by atoms with van der Waals surface area (Å²) in [5, 5.41) is 2.80. The molecule has 1 N–H and O–H groups in total. The summed E-state index contributed by atoms with van der Waals surface area (Å²) >= 11 is 0. The largest absolute Gasteiger partial charge is 0.467 e. The minimum absolute atomic E-state index is 0.247. The number of benzene rings is 2. The average Bonchev–Trinajstić information content (AvgIpc) is 3.38. The summed E-state index contributed by atoms with van der Waals surface area (Å²) in [6, 6.07) is 16.8. The molecule has 2 aromatic carbocycles. The number of carbonyl (C=O) groups excluding carboxylic acids is 1. The first-order valence-electron chi connectivity index (χ1n) is 8.33. The number of halogens is 1. The highest BCUT2D eigenvalue weighted by Crippen LogP contribution is 2.29. The lowest BCUT2D eigenvalue weighted by molar-refractivity contribution is 0.0948. The molecule has 0 unspecified atom stereocenters. The van der Waals surface area contributed by atoms with Crippen molar-refractivity contribution in [2.75, 3.05) is 0 Å². The van der Waals surface area contributed by atoms with Gasteiger partial charge in [0.15, 0.2) is 5.76 Å². The fourth-order valence-electron chi connectivity index (χ4n) is 2.73. The average molecular weight is 362 g/mol. The van der Waals surface area contributed by atoms with Gasteiger partial charge in [0.05, 0.1) is 30.1 Å². The Labute approximate surface area is 154 Å². The SMILES string of the molecule is O=C(NCc1ccco1)c1ccccc1-c1ncc(-c2ccccc2F)o1. The molecule has 6 heteroatoms. The summed E-state index contributed by atoms with van der Waals surface area (Å²) in [5.74, 6) is 0.516. The summed E-state index contributed by atoms with van der Waals surface area (Å²) < 4.78 is 24.9. The zero-order valence-corrected chi connectivity index (χ0v) is 14.2. The highest BCUT2D eigenvalue weighted by molar-refractivity contribution is 5.99. The van der Waals surface area contributed by atoms with Crippen molar-refractivity contribution < 1.29 is 18.0 Å². The van der Waals surface area contributed by atoms with Crippen molar-refractivity contribution in [3.63, 3.8) is 0 Å². The molecule has 2 heterocycles. The van der Waals surface area contributed by atoms with Crippen LogP contribution in [-0.2, 0) is 6.54 Å². The van der Waals surface area contributed by atoms with Gasteiger partial charge in [-0.2, -0.15) is 0 Å². The third-order valence-electron chi connectivity index (χ3n) is 4.05. The van der Waals surface area contributed by atoms with E-state index in [0.717, 1.165) is 0 Å². The molecule has 27 heavy (non-hydrogen) atoms. The Morgan fingerprint density at radius 1 is 1.00 bits per heavy atom. The van der Waals surface area contributed by atoms with E-state index in [1.54, 1.807) is 60.9 Å². The number of hydrogen-bond acceptors (Lipinski definition) is 4. The number of aromatic nitrogens is 1. The number of furan rings is 1. The second-order valence-electron chi connectivity index (χ2n) is 5.82. The third-order valence-corrected chi connectivity index (χ3v) is 4.05. The van der Waals surface area contributed by atoms with E-state index in [4.69, 9.17) is 8.83 Å². The van der Waals surface area contributed by atoms with Crippen LogP contribution < -0.4 is 5.32 Å². The quantitative estimate of drug-likeness (QED) is 0.560. The van der Waals surface area contributed by atoms with Crippen LogP contribution in [0.3, 0.4) is 0 Å². The van der Waals surface area contributed by atoms with Crippen molar-refractivity contribution in [3.05, 3.63) is 90.3 Å². The Kier molecular flexibility index (Phi) is 4.53. The second-order valence-corrected chi connectivity index (χ2v) is 5.82. The molecule has 0 saturated heterocycles. The molecule has 0 radical (unpaired) electrons. The molecule has 0 aliphatic heterocycles. The number of amides is 1. The molecule has 0 atom stereocenters. The molecular weight excluding hydrogens is 347 g/mol. The van der Waals surface area contributed by atoms with Crippen molar-refractivity contribution >= 4 is 5.91 Å². The topological polar surface area (TPSA) is 68.3 Å². The molecule has 0 fully saturated rings. The lowest BCUT2D eigenvalue weighted by Gasteiger charge is -2.07. The van der Waals surface area contributed by atoms with E-state index in [1.165, 1.54) is 12.3 Å². The standard InChI is InChI=1S/C21H15FN2O3/c22-18-10-4-3-9-17(18)19-13-24-21(27-19)16-8-2-1-7-15(16)20(25)23-12-14-6-5-11-26-14/h1-11,13H,12H2,(H,23,25). The summed E-state index contributed by atoms with van der Waals surface area (Å²) in [4.78, 5) is 16.8. The highest BCUT2D eigenvalue weighted by Gasteiger charge is 2.18. The number of hydrogen-bond donors (Lipinski definition) is 1. The van der Waals surface area contributed by atoms with Gasteiger partial charge in [-0.25, -0.2) is 9.37 Å². The Morgan fingerprint density at radius 3 is 2.56 bits per heavy atom. The maximum atomic E-state index is 14.0. The molecule has 0 spiro atoms. The first-order valence-corrected chi connectivity index (χ1v) is 8.33. The lowest BCUT2D eigenvalue weighted by Crippen LogP contribution is -2.23. The van der Waals surface area contributed by atoms with Crippen LogP contribution in [0.4, 0.5) is 4.39 Å². The van der Waals surface area contributed by atoms with Gasteiger partial charge in [0.1, 0.15) is 11.6 Å². The highest BCUT2D eigenvalue weighted by atomic mass is 19.1. The van der Waals surface area contributed by atoms with Gasteiger partial charge < -0.3 is 14.2 Å². The van der Waals surface area contributed by atoms with Gasteiger partial charge in [0.2, 0.25) is 5.89 Å². The molecule has 1 amide bonds. The Hall–Kier alpha value is -3.67. The van der Waals surface area contributed by atoms with Crippen LogP contribution in [0, 0.1) is 5.82 Å². The normalized spacial score (nSPS) is 10.7. The number of carbonyl (C=O) groups is 1. The zero-order valence-electron chi connectivity index (χ0n) is 14.2. The van der Waals surface area contributed by atoms with E-state index < -0.39 is 5.82 Å². The minimum Gasteiger partial charge on any atom is -0.467 e. The van der Waals surface area contributed by atoms with Crippen LogP contribution in [0.25, 0.3) is 22.8 Å². The van der Waals surface area contributed by atoms with Gasteiger partial charge in [0.25, 0.3) is 5.91 Å². The Morgan fingerprint density at radius 2 is 1.78 bits per heavy atom. The van der Waals surface area contributed by atoms with Crippen molar-refractivity contribution in [1.29, 1.82) is 0 Å². The van der Waals surface area contributed by atoms with Gasteiger partial charge in [-0.05, 0) is 36.4 Å². The number of rotatable bonds is 5. The van der Waals surface area contributed by atoms with E-state index >= 15 is 0 Å². The maximum Gasteiger partial charge on any atom is 0.252 e. The first-order chi connectivity index (χ1) is 13.2. The molecule has 0 saturated carbocycles. The van der Waals surface area contributed by atoms with E-state index in [2.05, 4.69) is 10.3 Å². The molecule has 134 valence electrons. The van der Waals surface area contributed by atoms with E-state index in [-0.39, 0.29) is 18.3 Å². The van der Waals surface area contributed by atoms with Crippen LogP contribution in [0.5, 0.6) is 0 Å². The molecule has 0 bridgehead atoms. The predicted octanol–water partition coefficient (Wildman–Crippen LogP) is 4.67. The van der Waals surface area contributed by atoms with Crippen LogP contribution in [0.15, 0.2) is 82.0 Å². The van der Waals surface area contributed by atoms with Gasteiger partial charge in [-0.3, -0.25) is 4.79 Å².